The van der Waals surface area contributed by atoms with Gasteiger partial charge in [-0.25, -0.2) is 0 Å². The van der Waals surface area contributed by atoms with Gasteiger partial charge in [0.25, 0.3) is 11.8 Å². The summed E-state index contributed by atoms with van der Waals surface area (Å²) in [7, 11) is 0. The number of carbonyl (C=O) groups is 2. The van der Waals surface area contributed by atoms with Gasteiger partial charge in [-0.1, -0.05) is 0 Å². The number of ether oxygens (including phenoxy) is 1. The van der Waals surface area contributed by atoms with Gasteiger partial charge in [0, 0.05) is 11.6 Å². The highest BCUT2D eigenvalue weighted by Crippen LogP contribution is 2.41. The fourth-order valence-electron chi connectivity index (χ4n) is 4.11. The number of hydrogen-bond donors (Lipinski definition) is 1. The van der Waals surface area contributed by atoms with Crippen molar-refractivity contribution in [3.05, 3.63) is 0 Å². The highest BCUT2D eigenvalue weighted by molar-refractivity contribution is 6.02. The Morgan fingerprint density at radius 1 is 1.11 bits per heavy atom. The molecule has 0 radical (unpaired) electrons. The SMILES string of the molecule is O=C1C2CCC(O2)C(=O)N1C1CCNC2(CCC2)C1. The number of rotatable bonds is 1. The van der Waals surface area contributed by atoms with Gasteiger partial charge in [0.1, 0.15) is 12.2 Å². The molecule has 0 aromatic carbocycles. The quantitative estimate of drug-likeness (QED) is 0.704. The van der Waals surface area contributed by atoms with Crippen LogP contribution in [0.1, 0.15) is 44.9 Å². The van der Waals surface area contributed by atoms with Crippen LogP contribution in [0.4, 0.5) is 0 Å². The molecule has 1 saturated carbocycles. The molecule has 2 amide bonds. The van der Waals surface area contributed by atoms with Gasteiger partial charge in [-0.3, -0.25) is 14.5 Å². The summed E-state index contributed by atoms with van der Waals surface area (Å²) in [6.45, 7) is 0.915. The summed E-state index contributed by atoms with van der Waals surface area (Å²) in [6, 6.07) is 0.0912. The van der Waals surface area contributed by atoms with E-state index in [9.17, 15) is 9.59 Å². The predicted octanol–water partition coefficient (Wildman–Crippen LogP) is 0.577. The Labute approximate surface area is 112 Å². The van der Waals surface area contributed by atoms with Crippen LogP contribution < -0.4 is 5.32 Å². The lowest BCUT2D eigenvalue weighted by Crippen LogP contribution is -2.64. The Morgan fingerprint density at radius 2 is 1.79 bits per heavy atom. The molecule has 3 aliphatic heterocycles. The van der Waals surface area contributed by atoms with Crippen molar-refractivity contribution < 1.29 is 14.3 Å². The topological polar surface area (TPSA) is 58.6 Å². The fraction of sp³-hybridized carbons (Fsp3) is 0.857. The van der Waals surface area contributed by atoms with Crippen molar-refractivity contribution >= 4 is 11.8 Å². The Hall–Kier alpha value is -0.940. The molecule has 5 heteroatoms. The zero-order valence-corrected chi connectivity index (χ0v) is 11.1. The monoisotopic (exact) mass is 264 g/mol. The number of fused-ring (bicyclic) bond motifs is 2. The summed E-state index contributed by atoms with van der Waals surface area (Å²) in [4.78, 5) is 26.3. The van der Waals surface area contributed by atoms with E-state index < -0.39 is 0 Å². The van der Waals surface area contributed by atoms with Crippen molar-refractivity contribution in [2.45, 2.75) is 68.7 Å². The molecule has 4 aliphatic rings. The maximum Gasteiger partial charge on any atom is 0.258 e. The normalized spacial score (nSPS) is 40.6. The van der Waals surface area contributed by atoms with Gasteiger partial charge < -0.3 is 10.1 Å². The molecule has 2 bridgehead atoms. The zero-order valence-electron chi connectivity index (χ0n) is 11.1. The number of amides is 2. The minimum absolute atomic E-state index is 0.0832. The molecular weight excluding hydrogens is 244 g/mol. The molecule has 3 heterocycles. The first-order valence-electron chi connectivity index (χ1n) is 7.46. The van der Waals surface area contributed by atoms with Crippen LogP contribution in [0.3, 0.4) is 0 Å². The van der Waals surface area contributed by atoms with Crippen LogP contribution in [0.25, 0.3) is 0 Å². The molecule has 3 unspecified atom stereocenters. The first kappa shape index (κ1) is 11.9. The van der Waals surface area contributed by atoms with E-state index >= 15 is 0 Å². The summed E-state index contributed by atoms with van der Waals surface area (Å²) in [5.41, 5.74) is 0.209. The van der Waals surface area contributed by atoms with E-state index in [0.29, 0.717) is 12.8 Å². The number of hydrogen-bond acceptors (Lipinski definition) is 4. The molecule has 104 valence electrons. The smallest absolute Gasteiger partial charge is 0.258 e. The molecular formula is C14H20N2O3. The third-order valence-electron chi connectivity index (χ3n) is 5.33. The van der Waals surface area contributed by atoms with Crippen LogP contribution in [0.15, 0.2) is 0 Å². The first-order chi connectivity index (χ1) is 9.19. The lowest BCUT2D eigenvalue weighted by atomic mass is 9.70. The maximum absolute atomic E-state index is 12.4. The number of piperidine rings is 1. The summed E-state index contributed by atoms with van der Waals surface area (Å²) < 4.78 is 5.48. The van der Waals surface area contributed by atoms with E-state index in [1.807, 2.05) is 0 Å². The number of morpholine rings is 1. The predicted molar refractivity (Wildman–Crippen MR) is 67.4 cm³/mol. The van der Waals surface area contributed by atoms with E-state index in [0.717, 1.165) is 19.4 Å². The van der Waals surface area contributed by atoms with E-state index in [1.165, 1.54) is 19.3 Å². The van der Waals surface area contributed by atoms with Crippen LogP contribution in [0.5, 0.6) is 0 Å². The molecule has 4 rings (SSSR count). The van der Waals surface area contributed by atoms with Crippen molar-refractivity contribution in [3.8, 4) is 0 Å². The van der Waals surface area contributed by atoms with Crippen molar-refractivity contribution in [3.63, 3.8) is 0 Å². The molecule has 3 atom stereocenters. The Bertz CT molecular complexity index is 410. The van der Waals surface area contributed by atoms with Crippen molar-refractivity contribution in [2.75, 3.05) is 6.54 Å². The standard InChI is InChI=1S/C14H20N2O3/c17-12-10-2-3-11(19-10)13(18)16(12)9-4-7-15-14(8-9)5-1-6-14/h9-11,15H,1-8H2. The minimum Gasteiger partial charge on any atom is -0.355 e. The molecule has 5 nitrogen and oxygen atoms in total. The molecule has 3 saturated heterocycles. The molecule has 19 heavy (non-hydrogen) atoms. The second-order valence-electron chi connectivity index (χ2n) is 6.44. The fourth-order valence-corrected chi connectivity index (χ4v) is 4.11. The van der Waals surface area contributed by atoms with Gasteiger partial charge in [0.2, 0.25) is 0 Å². The first-order valence-corrected chi connectivity index (χ1v) is 7.46. The third-order valence-corrected chi connectivity index (χ3v) is 5.33. The van der Waals surface area contributed by atoms with Crippen molar-refractivity contribution in [1.82, 2.24) is 10.2 Å². The van der Waals surface area contributed by atoms with Gasteiger partial charge >= 0.3 is 0 Å². The van der Waals surface area contributed by atoms with Gasteiger partial charge in [0.15, 0.2) is 0 Å². The molecule has 4 fully saturated rings. The maximum atomic E-state index is 12.4. The van der Waals surface area contributed by atoms with Gasteiger partial charge in [0.05, 0.1) is 0 Å². The van der Waals surface area contributed by atoms with Gasteiger partial charge in [-0.2, -0.15) is 0 Å². The average Bonchev–Trinajstić information content (AvgIpc) is 2.82. The van der Waals surface area contributed by atoms with Crippen molar-refractivity contribution in [2.24, 2.45) is 0 Å². The minimum atomic E-state index is -0.352. The van der Waals surface area contributed by atoms with Crippen LogP contribution in [0, 0.1) is 0 Å². The summed E-state index contributed by atoms with van der Waals surface area (Å²) in [5.74, 6) is -0.166. The second kappa shape index (κ2) is 4.03. The lowest BCUT2D eigenvalue weighted by Gasteiger charge is -2.51. The van der Waals surface area contributed by atoms with Crippen LogP contribution in [0.2, 0.25) is 0 Å². The Morgan fingerprint density at radius 3 is 2.37 bits per heavy atom. The van der Waals surface area contributed by atoms with Gasteiger partial charge in [-0.05, 0) is 51.5 Å². The molecule has 1 aliphatic carbocycles. The molecule has 0 aromatic heterocycles. The highest BCUT2D eigenvalue weighted by Gasteiger charge is 2.51. The Kier molecular flexibility index (Phi) is 2.51. The average molecular weight is 264 g/mol. The Balaban J connectivity index is 1.57. The summed E-state index contributed by atoms with van der Waals surface area (Å²) >= 11 is 0. The van der Waals surface area contributed by atoms with E-state index in [2.05, 4.69) is 5.32 Å². The third kappa shape index (κ3) is 1.68. The molecule has 1 spiro atoms. The lowest BCUT2D eigenvalue weighted by molar-refractivity contribution is -0.173. The summed E-state index contributed by atoms with van der Waals surface area (Å²) in [5, 5.41) is 3.59. The summed E-state index contributed by atoms with van der Waals surface area (Å²) in [6.07, 6.45) is 6.17. The highest BCUT2D eigenvalue weighted by atomic mass is 16.5. The zero-order chi connectivity index (χ0) is 13.0. The van der Waals surface area contributed by atoms with E-state index in [-0.39, 0.29) is 35.6 Å². The van der Waals surface area contributed by atoms with E-state index in [4.69, 9.17) is 4.74 Å². The molecule has 0 aromatic rings. The van der Waals surface area contributed by atoms with Crippen LogP contribution in [-0.4, -0.2) is 47.0 Å². The van der Waals surface area contributed by atoms with Crippen LogP contribution in [-0.2, 0) is 14.3 Å². The number of imide groups is 1. The number of carbonyl (C=O) groups excluding carboxylic acids is 2. The number of nitrogens with zero attached hydrogens (tertiary/aromatic N) is 1. The second-order valence-corrected chi connectivity index (χ2v) is 6.44. The van der Waals surface area contributed by atoms with E-state index in [1.54, 1.807) is 4.90 Å². The number of nitrogens with one attached hydrogen (secondary N) is 1. The molecule has 1 N–H and O–H groups in total. The van der Waals surface area contributed by atoms with Crippen molar-refractivity contribution in [1.29, 1.82) is 0 Å². The number of likely N-dealkylation sites (tertiary alicyclic amines) is 1. The van der Waals surface area contributed by atoms with Crippen LogP contribution >= 0.6 is 0 Å². The largest absolute Gasteiger partial charge is 0.355 e. The van der Waals surface area contributed by atoms with Gasteiger partial charge in [-0.15, -0.1) is 0 Å².